The highest BCUT2D eigenvalue weighted by Crippen LogP contribution is 2.18. The van der Waals surface area contributed by atoms with Crippen molar-refractivity contribution < 1.29 is 4.79 Å². The second-order valence-electron chi connectivity index (χ2n) is 3.76. The number of benzene rings is 1. The maximum atomic E-state index is 10.9. The zero-order valence-electron chi connectivity index (χ0n) is 9.56. The molecule has 0 saturated heterocycles. The first-order valence-electron chi connectivity index (χ1n) is 5.40. The van der Waals surface area contributed by atoms with Gasteiger partial charge >= 0.3 is 0 Å². The smallest absolute Gasteiger partial charge is 0.248 e. The van der Waals surface area contributed by atoms with Crippen molar-refractivity contribution in [2.45, 2.75) is 6.54 Å². The van der Waals surface area contributed by atoms with Crippen LogP contribution in [0, 0.1) is 0 Å². The average Bonchev–Trinajstić information content (AvgIpc) is 2.38. The summed E-state index contributed by atoms with van der Waals surface area (Å²) in [4.78, 5) is 14.9. The van der Waals surface area contributed by atoms with Gasteiger partial charge in [-0.15, -0.1) is 0 Å². The van der Waals surface area contributed by atoms with Crippen LogP contribution in [0.2, 0.25) is 5.15 Å². The molecular formula is C13H12ClN3O. The number of aromatic nitrogens is 1. The van der Waals surface area contributed by atoms with Crippen LogP contribution in [0.4, 0.5) is 5.69 Å². The fourth-order valence-electron chi connectivity index (χ4n) is 1.50. The van der Waals surface area contributed by atoms with Crippen LogP contribution in [0.1, 0.15) is 15.9 Å². The maximum Gasteiger partial charge on any atom is 0.248 e. The van der Waals surface area contributed by atoms with E-state index >= 15 is 0 Å². The van der Waals surface area contributed by atoms with Crippen LogP contribution < -0.4 is 11.1 Å². The number of primary amides is 1. The highest BCUT2D eigenvalue weighted by molar-refractivity contribution is 6.31. The molecule has 0 radical (unpaired) electrons. The quantitative estimate of drug-likeness (QED) is 0.831. The zero-order chi connectivity index (χ0) is 13.0. The van der Waals surface area contributed by atoms with Gasteiger partial charge in [-0.25, -0.2) is 4.98 Å². The molecule has 4 nitrogen and oxygen atoms in total. The molecule has 0 bridgehead atoms. The molecule has 1 amide bonds. The monoisotopic (exact) mass is 261 g/mol. The van der Waals surface area contributed by atoms with E-state index < -0.39 is 5.91 Å². The molecule has 1 aromatic heterocycles. The molecule has 0 aliphatic carbocycles. The SMILES string of the molecule is NC(=O)c1ccc(CNc2cccnc2Cl)cc1. The number of carbonyl (C=O) groups is 1. The van der Waals surface area contributed by atoms with Crippen LogP contribution in [0.5, 0.6) is 0 Å². The minimum Gasteiger partial charge on any atom is -0.378 e. The first-order chi connectivity index (χ1) is 8.66. The van der Waals surface area contributed by atoms with E-state index in [2.05, 4.69) is 10.3 Å². The number of carbonyl (C=O) groups excluding carboxylic acids is 1. The number of rotatable bonds is 4. The van der Waals surface area contributed by atoms with Crippen molar-refractivity contribution in [3.8, 4) is 0 Å². The van der Waals surface area contributed by atoms with Gasteiger partial charge in [0.2, 0.25) is 5.91 Å². The summed E-state index contributed by atoms with van der Waals surface area (Å²) in [5.74, 6) is -0.426. The molecule has 5 heteroatoms. The van der Waals surface area contributed by atoms with E-state index in [1.165, 1.54) is 0 Å². The van der Waals surface area contributed by atoms with Crippen molar-refractivity contribution >= 4 is 23.2 Å². The van der Waals surface area contributed by atoms with Gasteiger partial charge in [-0.05, 0) is 29.8 Å². The van der Waals surface area contributed by atoms with E-state index in [0.717, 1.165) is 11.3 Å². The number of halogens is 1. The van der Waals surface area contributed by atoms with Gasteiger partial charge < -0.3 is 11.1 Å². The Morgan fingerprint density at radius 3 is 2.61 bits per heavy atom. The molecule has 18 heavy (non-hydrogen) atoms. The highest BCUT2D eigenvalue weighted by atomic mass is 35.5. The Balaban J connectivity index is 2.02. The third kappa shape index (κ3) is 2.99. The molecule has 1 aromatic carbocycles. The van der Waals surface area contributed by atoms with Crippen molar-refractivity contribution in [2.24, 2.45) is 5.73 Å². The molecule has 92 valence electrons. The number of hydrogen-bond acceptors (Lipinski definition) is 3. The van der Waals surface area contributed by atoms with Crippen molar-refractivity contribution in [2.75, 3.05) is 5.32 Å². The molecule has 0 aliphatic rings. The molecule has 0 spiro atoms. The fraction of sp³-hybridized carbons (Fsp3) is 0.0769. The summed E-state index contributed by atoms with van der Waals surface area (Å²) < 4.78 is 0. The van der Waals surface area contributed by atoms with Crippen LogP contribution in [0.3, 0.4) is 0 Å². The van der Waals surface area contributed by atoms with Crippen molar-refractivity contribution in [1.82, 2.24) is 4.98 Å². The van der Waals surface area contributed by atoms with Crippen LogP contribution in [-0.4, -0.2) is 10.9 Å². The molecule has 1 heterocycles. The molecule has 3 N–H and O–H groups in total. The highest BCUT2D eigenvalue weighted by Gasteiger charge is 2.01. The summed E-state index contributed by atoms with van der Waals surface area (Å²) in [7, 11) is 0. The summed E-state index contributed by atoms with van der Waals surface area (Å²) in [6.07, 6.45) is 1.63. The summed E-state index contributed by atoms with van der Waals surface area (Å²) in [6.45, 7) is 0.602. The van der Waals surface area contributed by atoms with Crippen LogP contribution in [-0.2, 0) is 6.54 Å². The zero-order valence-corrected chi connectivity index (χ0v) is 10.3. The van der Waals surface area contributed by atoms with Crippen LogP contribution in [0.15, 0.2) is 42.6 Å². The van der Waals surface area contributed by atoms with E-state index in [1.54, 1.807) is 18.3 Å². The first-order valence-corrected chi connectivity index (χ1v) is 5.78. The minimum absolute atomic E-state index is 0.426. The molecule has 0 atom stereocenters. The number of nitrogens with one attached hydrogen (secondary N) is 1. The van der Waals surface area contributed by atoms with Crippen molar-refractivity contribution in [1.29, 1.82) is 0 Å². The first kappa shape index (κ1) is 12.4. The lowest BCUT2D eigenvalue weighted by Gasteiger charge is -2.07. The number of hydrogen-bond donors (Lipinski definition) is 2. The standard InChI is InChI=1S/C13H12ClN3O/c14-12-11(2-1-7-16-12)17-8-9-3-5-10(6-4-9)13(15)18/h1-7,17H,8H2,(H2,15,18). The molecule has 2 aromatic rings. The van der Waals surface area contributed by atoms with Gasteiger partial charge in [-0.3, -0.25) is 4.79 Å². The number of nitrogens with two attached hydrogens (primary N) is 1. The van der Waals surface area contributed by atoms with E-state index in [4.69, 9.17) is 17.3 Å². The van der Waals surface area contributed by atoms with E-state index in [0.29, 0.717) is 17.3 Å². The predicted molar refractivity (Wildman–Crippen MR) is 71.5 cm³/mol. The normalized spacial score (nSPS) is 10.1. The minimum atomic E-state index is -0.426. The van der Waals surface area contributed by atoms with Gasteiger partial charge in [0.15, 0.2) is 5.15 Å². The van der Waals surface area contributed by atoms with Gasteiger partial charge in [-0.1, -0.05) is 23.7 Å². The third-order valence-corrected chi connectivity index (χ3v) is 2.78. The second kappa shape index (κ2) is 5.51. The lowest BCUT2D eigenvalue weighted by atomic mass is 10.1. The van der Waals surface area contributed by atoms with Gasteiger partial charge in [0.05, 0.1) is 5.69 Å². The largest absolute Gasteiger partial charge is 0.378 e. The number of anilines is 1. The predicted octanol–water partition coefficient (Wildman–Crippen LogP) is 2.45. The Morgan fingerprint density at radius 1 is 1.28 bits per heavy atom. The van der Waals surface area contributed by atoms with E-state index in [1.807, 2.05) is 24.3 Å². The summed E-state index contributed by atoms with van der Waals surface area (Å²) in [5.41, 5.74) is 7.47. The van der Waals surface area contributed by atoms with Crippen molar-refractivity contribution in [3.63, 3.8) is 0 Å². The lowest BCUT2D eigenvalue weighted by molar-refractivity contribution is 0.100. The Kier molecular flexibility index (Phi) is 3.79. The van der Waals surface area contributed by atoms with E-state index in [9.17, 15) is 4.79 Å². The second-order valence-corrected chi connectivity index (χ2v) is 4.11. The lowest BCUT2D eigenvalue weighted by Crippen LogP contribution is -2.10. The van der Waals surface area contributed by atoms with Crippen molar-refractivity contribution in [3.05, 3.63) is 58.9 Å². The topological polar surface area (TPSA) is 68.0 Å². The Labute approximate surface area is 110 Å². The van der Waals surface area contributed by atoms with Crippen LogP contribution >= 0.6 is 11.6 Å². The van der Waals surface area contributed by atoms with Gasteiger partial charge in [-0.2, -0.15) is 0 Å². The average molecular weight is 262 g/mol. The number of nitrogens with zero attached hydrogens (tertiary/aromatic N) is 1. The molecular weight excluding hydrogens is 250 g/mol. The Morgan fingerprint density at radius 2 is 2.00 bits per heavy atom. The summed E-state index contributed by atoms with van der Waals surface area (Å²) in [6, 6.07) is 10.8. The van der Waals surface area contributed by atoms with Crippen LogP contribution in [0.25, 0.3) is 0 Å². The Hall–Kier alpha value is -2.07. The molecule has 0 saturated carbocycles. The maximum absolute atomic E-state index is 10.9. The van der Waals surface area contributed by atoms with E-state index in [-0.39, 0.29) is 0 Å². The van der Waals surface area contributed by atoms with Gasteiger partial charge in [0.25, 0.3) is 0 Å². The molecule has 2 rings (SSSR count). The molecule has 0 aliphatic heterocycles. The summed E-state index contributed by atoms with van der Waals surface area (Å²) in [5, 5.41) is 3.60. The van der Waals surface area contributed by atoms with Gasteiger partial charge in [0, 0.05) is 18.3 Å². The van der Waals surface area contributed by atoms with Gasteiger partial charge in [0.1, 0.15) is 0 Å². The molecule has 0 unspecified atom stereocenters. The number of pyridine rings is 1. The fourth-order valence-corrected chi connectivity index (χ4v) is 1.69. The summed E-state index contributed by atoms with van der Waals surface area (Å²) >= 11 is 5.92. The number of amides is 1. The Bertz CT molecular complexity index is 554. The third-order valence-electron chi connectivity index (χ3n) is 2.48. The molecule has 0 fully saturated rings.